The van der Waals surface area contributed by atoms with Crippen molar-refractivity contribution in [3.8, 4) is 6.07 Å². The third-order valence-electron chi connectivity index (χ3n) is 3.71. The lowest BCUT2D eigenvalue weighted by Gasteiger charge is -2.19. The molecule has 0 atom stereocenters. The van der Waals surface area contributed by atoms with Crippen molar-refractivity contribution in [1.29, 1.82) is 5.26 Å². The summed E-state index contributed by atoms with van der Waals surface area (Å²) in [5.41, 5.74) is 3.82. The fourth-order valence-electron chi connectivity index (χ4n) is 2.41. The molecule has 24 heavy (non-hydrogen) atoms. The van der Waals surface area contributed by atoms with E-state index < -0.39 is 5.91 Å². The van der Waals surface area contributed by atoms with E-state index >= 15 is 0 Å². The number of amides is 1. The molecular weight excluding hydrogens is 298 g/mol. The lowest BCUT2D eigenvalue weighted by Crippen LogP contribution is -2.20. The summed E-state index contributed by atoms with van der Waals surface area (Å²) >= 11 is 0. The van der Waals surface area contributed by atoms with E-state index in [2.05, 4.69) is 5.32 Å². The molecule has 4 nitrogen and oxygen atoms in total. The second-order valence-corrected chi connectivity index (χ2v) is 5.55. The van der Waals surface area contributed by atoms with Crippen LogP contribution in [0.25, 0.3) is 0 Å². The third kappa shape index (κ3) is 4.23. The highest BCUT2D eigenvalue weighted by Crippen LogP contribution is 2.18. The van der Waals surface area contributed by atoms with Crippen LogP contribution in [0.15, 0.2) is 60.3 Å². The molecule has 0 aliphatic heterocycles. The number of aryl methyl sites for hydroxylation is 2. The molecule has 0 saturated heterocycles. The molecule has 0 aromatic heterocycles. The van der Waals surface area contributed by atoms with E-state index in [1.165, 1.54) is 0 Å². The summed E-state index contributed by atoms with van der Waals surface area (Å²) in [6.45, 7) is 6.56. The van der Waals surface area contributed by atoms with E-state index in [4.69, 9.17) is 0 Å². The molecule has 1 amide bonds. The number of nitrogens with zero attached hydrogens (tertiary/aromatic N) is 2. The van der Waals surface area contributed by atoms with Crippen molar-refractivity contribution in [2.45, 2.75) is 20.8 Å². The van der Waals surface area contributed by atoms with E-state index in [1.54, 1.807) is 6.20 Å². The first kappa shape index (κ1) is 17.3. The monoisotopic (exact) mass is 319 g/mol. The van der Waals surface area contributed by atoms with Gasteiger partial charge in [0.05, 0.1) is 0 Å². The Hall–Kier alpha value is -3.06. The average molecular weight is 319 g/mol. The van der Waals surface area contributed by atoms with E-state index in [0.29, 0.717) is 6.54 Å². The zero-order chi connectivity index (χ0) is 17.5. The van der Waals surface area contributed by atoms with Crippen LogP contribution in [0.2, 0.25) is 0 Å². The summed E-state index contributed by atoms with van der Waals surface area (Å²) in [6.07, 6.45) is 1.59. The van der Waals surface area contributed by atoms with E-state index in [9.17, 15) is 10.1 Å². The number of nitrogens with one attached hydrogen (secondary N) is 1. The predicted molar refractivity (Wildman–Crippen MR) is 97.7 cm³/mol. The van der Waals surface area contributed by atoms with E-state index in [1.807, 2.05) is 80.3 Å². The second-order valence-electron chi connectivity index (χ2n) is 5.55. The maximum atomic E-state index is 12.4. The Kier molecular flexibility index (Phi) is 5.75. The summed E-state index contributed by atoms with van der Waals surface area (Å²) < 4.78 is 0. The second kappa shape index (κ2) is 7.98. The van der Waals surface area contributed by atoms with E-state index in [-0.39, 0.29) is 5.57 Å². The van der Waals surface area contributed by atoms with Gasteiger partial charge in [0.2, 0.25) is 0 Å². The van der Waals surface area contributed by atoms with Gasteiger partial charge in [0.25, 0.3) is 5.91 Å². The maximum Gasteiger partial charge on any atom is 0.267 e. The number of rotatable bonds is 5. The first-order valence-corrected chi connectivity index (χ1v) is 7.87. The number of para-hydroxylation sites is 1. The lowest BCUT2D eigenvalue weighted by molar-refractivity contribution is -0.112. The molecule has 4 heteroatoms. The van der Waals surface area contributed by atoms with Crippen molar-refractivity contribution < 1.29 is 4.79 Å². The van der Waals surface area contributed by atoms with Crippen LogP contribution >= 0.6 is 0 Å². The average Bonchev–Trinajstić information content (AvgIpc) is 2.59. The van der Waals surface area contributed by atoms with Crippen LogP contribution in [-0.2, 0) is 4.79 Å². The molecule has 0 fully saturated rings. The van der Waals surface area contributed by atoms with Crippen LogP contribution in [0, 0.1) is 25.2 Å². The van der Waals surface area contributed by atoms with Gasteiger partial charge < -0.3 is 10.2 Å². The zero-order valence-corrected chi connectivity index (χ0v) is 14.2. The summed E-state index contributed by atoms with van der Waals surface area (Å²) in [6, 6.07) is 17.4. The maximum absolute atomic E-state index is 12.4. The van der Waals surface area contributed by atoms with Crippen LogP contribution in [-0.4, -0.2) is 12.5 Å². The predicted octanol–water partition coefficient (Wildman–Crippen LogP) is 4.18. The standard InChI is InChI=1S/C20H21N3O/c1-4-23(18-8-6-5-7-9-18)14-17(13-21)20(24)22-19-11-10-15(2)12-16(19)3/h5-12,14H,4H2,1-3H3,(H,22,24)/b17-14-. The first-order chi connectivity index (χ1) is 11.5. The van der Waals surface area contributed by atoms with Gasteiger partial charge in [0.15, 0.2) is 0 Å². The van der Waals surface area contributed by atoms with Crippen LogP contribution in [0.4, 0.5) is 11.4 Å². The minimum atomic E-state index is -0.404. The Morgan fingerprint density at radius 3 is 2.50 bits per heavy atom. The van der Waals surface area contributed by atoms with Crippen LogP contribution in [0.3, 0.4) is 0 Å². The quantitative estimate of drug-likeness (QED) is 0.664. The molecule has 0 heterocycles. The summed E-state index contributed by atoms with van der Waals surface area (Å²) in [5, 5.41) is 12.2. The molecule has 0 spiro atoms. The Labute approximate surface area is 143 Å². The fraction of sp³-hybridized carbons (Fsp3) is 0.200. The van der Waals surface area contributed by atoms with Gasteiger partial charge in [-0.2, -0.15) is 5.26 Å². The van der Waals surface area contributed by atoms with Crippen molar-refractivity contribution >= 4 is 17.3 Å². The molecule has 0 unspecified atom stereocenters. The Balaban J connectivity index is 2.23. The molecule has 2 aromatic rings. The molecule has 0 aliphatic carbocycles. The number of carbonyl (C=O) groups excluding carboxylic acids is 1. The van der Waals surface area contributed by atoms with Gasteiger partial charge >= 0.3 is 0 Å². The van der Waals surface area contributed by atoms with Crippen LogP contribution in [0.1, 0.15) is 18.1 Å². The topological polar surface area (TPSA) is 56.1 Å². The number of nitriles is 1. The molecule has 0 aliphatic rings. The Morgan fingerprint density at radius 2 is 1.92 bits per heavy atom. The van der Waals surface area contributed by atoms with Gasteiger partial charge in [-0.05, 0) is 44.5 Å². The summed E-state index contributed by atoms with van der Waals surface area (Å²) in [7, 11) is 0. The lowest BCUT2D eigenvalue weighted by atomic mass is 10.1. The molecular formula is C20H21N3O. The molecule has 0 radical (unpaired) electrons. The number of benzene rings is 2. The fourth-order valence-corrected chi connectivity index (χ4v) is 2.41. The van der Waals surface area contributed by atoms with Crippen LogP contribution < -0.4 is 10.2 Å². The van der Waals surface area contributed by atoms with Gasteiger partial charge in [-0.25, -0.2) is 0 Å². The van der Waals surface area contributed by atoms with Crippen molar-refractivity contribution in [3.63, 3.8) is 0 Å². The molecule has 1 N–H and O–H groups in total. The first-order valence-electron chi connectivity index (χ1n) is 7.87. The molecule has 2 aromatic carbocycles. The Bertz CT molecular complexity index is 788. The molecule has 122 valence electrons. The van der Waals surface area contributed by atoms with Gasteiger partial charge in [0.1, 0.15) is 11.6 Å². The highest BCUT2D eigenvalue weighted by atomic mass is 16.1. The number of hydrogen-bond acceptors (Lipinski definition) is 3. The van der Waals surface area contributed by atoms with Crippen molar-refractivity contribution in [3.05, 3.63) is 71.4 Å². The van der Waals surface area contributed by atoms with Crippen molar-refractivity contribution in [2.75, 3.05) is 16.8 Å². The molecule has 2 rings (SSSR count). The van der Waals surface area contributed by atoms with Crippen molar-refractivity contribution in [1.82, 2.24) is 0 Å². The molecule has 0 saturated carbocycles. The van der Waals surface area contributed by atoms with Crippen molar-refractivity contribution in [2.24, 2.45) is 0 Å². The van der Waals surface area contributed by atoms with Crippen LogP contribution in [0.5, 0.6) is 0 Å². The van der Waals surface area contributed by atoms with Gasteiger partial charge in [-0.3, -0.25) is 4.79 Å². The Morgan fingerprint density at radius 1 is 1.21 bits per heavy atom. The van der Waals surface area contributed by atoms with Gasteiger partial charge in [-0.15, -0.1) is 0 Å². The highest BCUT2D eigenvalue weighted by Gasteiger charge is 2.13. The van der Waals surface area contributed by atoms with E-state index in [0.717, 1.165) is 22.5 Å². The number of anilines is 2. The number of carbonyl (C=O) groups is 1. The summed E-state index contributed by atoms with van der Waals surface area (Å²) in [5.74, 6) is -0.404. The van der Waals surface area contributed by atoms with Gasteiger partial charge in [0, 0.05) is 24.1 Å². The SMILES string of the molecule is CCN(/C=C(/C#N)C(=O)Nc1ccc(C)cc1C)c1ccccc1. The normalized spacial score (nSPS) is 10.8. The minimum absolute atomic E-state index is 0.0701. The summed E-state index contributed by atoms with van der Waals surface area (Å²) in [4.78, 5) is 14.3. The number of hydrogen-bond donors (Lipinski definition) is 1. The zero-order valence-electron chi connectivity index (χ0n) is 14.2. The third-order valence-corrected chi connectivity index (χ3v) is 3.71. The van der Waals surface area contributed by atoms with Gasteiger partial charge in [-0.1, -0.05) is 35.9 Å². The highest BCUT2D eigenvalue weighted by molar-refractivity contribution is 6.07. The molecule has 0 bridgehead atoms. The largest absolute Gasteiger partial charge is 0.347 e. The smallest absolute Gasteiger partial charge is 0.267 e. The minimum Gasteiger partial charge on any atom is -0.347 e.